The molecule has 2 aromatic rings. The minimum absolute atomic E-state index is 0.178. The van der Waals surface area contributed by atoms with E-state index < -0.39 is 0 Å². The second-order valence-electron chi connectivity index (χ2n) is 5.28. The maximum absolute atomic E-state index is 11.6. The van der Waals surface area contributed by atoms with Crippen LogP contribution in [0.1, 0.15) is 30.9 Å². The van der Waals surface area contributed by atoms with Crippen LogP contribution in [0.4, 0.5) is 0 Å². The highest BCUT2D eigenvalue weighted by atomic mass is 32.2. The van der Waals surface area contributed by atoms with E-state index in [0.29, 0.717) is 17.7 Å². The summed E-state index contributed by atoms with van der Waals surface area (Å²) in [7, 11) is 0. The van der Waals surface area contributed by atoms with Crippen LogP contribution in [-0.2, 0) is 13.1 Å². The first-order valence-corrected chi connectivity index (χ1v) is 8.01. The lowest BCUT2D eigenvalue weighted by molar-refractivity contribution is 0.659. The first-order valence-electron chi connectivity index (χ1n) is 7.19. The molecule has 2 heterocycles. The summed E-state index contributed by atoms with van der Waals surface area (Å²) < 4.78 is 1.61. The van der Waals surface area contributed by atoms with Crippen LogP contribution in [0.5, 0.6) is 0 Å². The number of hydrogen-bond donors (Lipinski definition) is 2. The fraction of sp³-hybridized carbons (Fsp3) is 0.500. The van der Waals surface area contributed by atoms with E-state index in [2.05, 4.69) is 26.6 Å². The van der Waals surface area contributed by atoms with Crippen molar-refractivity contribution in [2.75, 3.05) is 0 Å². The summed E-state index contributed by atoms with van der Waals surface area (Å²) in [6.45, 7) is 5.43. The molecule has 0 atom stereocenters. The van der Waals surface area contributed by atoms with E-state index in [9.17, 15) is 4.79 Å². The second kappa shape index (κ2) is 6.03. The summed E-state index contributed by atoms with van der Waals surface area (Å²) in [5, 5.41) is 11.6. The van der Waals surface area contributed by atoms with Gasteiger partial charge in [-0.1, -0.05) is 6.07 Å². The van der Waals surface area contributed by atoms with Gasteiger partial charge in [0.15, 0.2) is 5.16 Å². The molecule has 0 bridgehead atoms. The molecule has 1 saturated carbocycles. The summed E-state index contributed by atoms with van der Waals surface area (Å²) in [6, 6.07) is 2.84. The third kappa shape index (κ3) is 3.36. The predicted octanol–water partition coefficient (Wildman–Crippen LogP) is 1.70. The van der Waals surface area contributed by atoms with E-state index in [-0.39, 0.29) is 5.69 Å². The molecular weight excluding hydrogens is 286 g/mol. The predicted molar refractivity (Wildman–Crippen MR) is 81.5 cm³/mol. The number of aromatic nitrogens is 4. The van der Waals surface area contributed by atoms with Crippen LogP contribution in [-0.4, -0.2) is 25.8 Å². The average Bonchev–Trinajstić information content (AvgIpc) is 3.23. The smallest absolute Gasteiger partial charge is 0.310 e. The Hall–Kier alpha value is -1.60. The lowest BCUT2D eigenvalue weighted by atomic mass is 10.2. The average molecular weight is 305 g/mol. The number of nitrogens with zero attached hydrogens (tertiary/aromatic N) is 3. The zero-order valence-corrected chi connectivity index (χ0v) is 13.0. The topological polar surface area (TPSA) is 75.6 Å². The fourth-order valence-electron chi connectivity index (χ4n) is 2.12. The Morgan fingerprint density at radius 1 is 1.52 bits per heavy atom. The van der Waals surface area contributed by atoms with Crippen molar-refractivity contribution >= 4 is 11.8 Å². The molecule has 112 valence electrons. The number of hydrogen-bond acceptors (Lipinski definition) is 5. The minimum Gasteiger partial charge on any atom is -0.310 e. The number of pyridine rings is 1. The Morgan fingerprint density at radius 2 is 2.33 bits per heavy atom. The molecule has 2 aromatic heterocycles. The van der Waals surface area contributed by atoms with E-state index in [0.717, 1.165) is 17.1 Å². The van der Waals surface area contributed by atoms with Crippen LogP contribution in [0.2, 0.25) is 0 Å². The van der Waals surface area contributed by atoms with Crippen molar-refractivity contribution in [2.45, 2.75) is 56.0 Å². The van der Waals surface area contributed by atoms with Crippen molar-refractivity contribution in [3.63, 3.8) is 0 Å². The van der Waals surface area contributed by atoms with Gasteiger partial charge in [-0.3, -0.25) is 4.57 Å². The van der Waals surface area contributed by atoms with Crippen LogP contribution in [0.15, 0.2) is 27.2 Å². The summed E-state index contributed by atoms with van der Waals surface area (Å²) >= 11 is 1.42. The second-order valence-corrected chi connectivity index (χ2v) is 6.23. The van der Waals surface area contributed by atoms with Crippen molar-refractivity contribution in [2.24, 2.45) is 0 Å². The van der Waals surface area contributed by atoms with Gasteiger partial charge in [-0.15, -0.1) is 5.10 Å². The van der Waals surface area contributed by atoms with Gasteiger partial charge in [0.2, 0.25) is 0 Å². The Morgan fingerprint density at radius 3 is 3.00 bits per heavy atom. The Kier molecular flexibility index (Phi) is 4.12. The lowest BCUT2D eigenvalue weighted by Gasteiger charge is -2.08. The molecule has 0 spiro atoms. The first-order chi connectivity index (χ1) is 10.2. The molecule has 0 aromatic carbocycles. The Labute approximate surface area is 127 Å². The highest BCUT2D eigenvalue weighted by Gasteiger charge is 2.20. The maximum atomic E-state index is 11.6. The van der Waals surface area contributed by atoms with E-state index in [1.54, 1.807) is 4.57 Å². The largest absolute Gasteiger partial charge is 0.343 e. The van der Waals surface area contributed by atoms with Gasteiger partial charge in [-0.2, -0.15) is 0 Å². The van der Waals surface area contributed by atoms with Gasteiger partial charge < -0.3 is 5.32 Å². The molecule has 1 aliphatic rings. The summed E-state index contributed by atoms with van der Waals surface area (Å²) in [5.41, 5.74) is 2.12. The third-order valence-electron chi connectivity index (χ3n) is 3.49. The van der Waals surface area contributed by atoms with Crippen molar-refractivity contribution in [3.05, 3.63) is 33.9 Å². The summed E-state index contributed by atoms with van der Waals surface area (Å²) in [6.07, 6.45) is 4.47. The molecule has 0 aliphatic heterocycles. The summed E-state index contributed by atoms with van der Waals surface area (Å²) in [5.74, 6) is 0. The molecule has 1 aliphatic carbocycles. The van der Waals surface area contributed by atoms with Crippen molar-refractivity contribution < 1.29 is 0 Å². The highest BCUT2D eigenvalue weighted by Crippen LogP contribution is 2.26. The number of H-pyrrole nitrogens is 1. The minimum atomic E-state index is -0.178. The molecule has 0 unspecified atom stereocenters. The van der Waals surface area contributed by atoms with Gasteiger partial charge >= 0.3 is 5.69 Å². The SMILES string of the molecule is CCn1c(Sc2ncc(CNC3CC3)cc2C)n[nH]c1=O. The Balaban J connectivity index is 1.74. The van der Waals surface area contributed by atoms with E-state index in [1.807, 2.05) is 20.0 Å². The number of aromatic amines is 1. The molecule has 7 heteroatoms. The quantitative estimate of drug-likeness (QED) is 0.849. The molecule has 0 amide bonds. The third-order valence-corrected chi connectivity index (χ3v) is 4.60. The zero-order chi connectivity index (χ0) is 14.8. The van der Waals surface area contributed by atoms with Crippen LogP contribution < -0.4 is 11.0 Å². The normalized spacial score (nSPS) is 14.6. The van der Waals surface area contributed by atoms with E-state index in [4.69, 9.17) is 0 Å². The fourth-order valence-corrected chi connectivity index (χ4v) is 3.03. The molecule has 2 N–H and O–H groups in total. The first kappa shape index (κ1) is 14.3. The molecule has 0 radical (unpaired) electrons. The van der Waals surface area contributed by atoms with Gasteiger partial charge in [-0.05, 0) is 49.6 Å². The maximum Gasteiger partial charge on any atom is 0.343 e. The zero-order valence-electron chi connectivity index (χ0n) is 12.2. The summed E-state index contributed by atoms with van der Waals surface area (Å²) in [4.78, 5) is 16.1. The van der Waals surface area contributed by atoms with E-state index in [1.165, 1.54) is 30.2 Å². The highest BCUT2D eigenvalue weighted by molar-refractivity contribution is 7.99. The molecular formula is C14H19N5OS. The van der Waals surface area contributed by atoms with Gasteiger partial charge in [0.25, 0.3) is 0 Å². The molecule has 0 saturated heterocycles. The molecule has 21 heavy (non-hydrogen) atoms. The van der Waals surface area contributed by atoms with Crippen molar-refractivity contribution in [1.82, 2.24) is 25.1 Å². The van der Waals surface area contributed by atoms with Crippen molar-refractivity contribution in [1.29, 1.82) is 0 Å². The van der Waals surface area contributed by atoms with Crippen LogP contribution in [0.25, 0.3) is 0 Å². The van der Waals surface area contributed by atoms with Crippen LogP contribution >= 0.6 is 11.8 Å². The van der Waals surface area contributed by atoms with E-state index >= 15 is 0 Å². The molecule has 3 rings (SSSR count). The van der Waals surface area contributed by atoms with Gasteiger partial charge in [0.1, 0.15) is 5.03 Å². The van der Waals surface area contributed by atoms with Gasteiger partial charge in [-0.25, -0.2) is 14.9 Å². The number of aryl methyl sites for hydroxylation is 1. The monoisotopic (exact) mass is 305 g/mol. The lowest BCUT2D eigenvalue weighted by Crippen LogP contribution is -2.16. The van der Waals surface area contributed by atoms with Crippen molar-refractivity contribution in [3.8, 4) is 0 Å². The van der Waals surface area contributed by atoms with Crippen LogP contribution in [0, 0.1) is 6.92 Å². The standard InChI is InChI=1S/C14H19N5OS/c1-3-19-13(20)17-18-14(19)21-12-9(2)6-10(8-16-12)7-15-11-4-5-11/h6,8,11,15H,3-5,7H2,1-2H3,(H,17,20). The Bertz CT molecular complexity index is 689. The van der Waals surface area contributed by atoms with Gasteiger partial charge in [0, 0.05) is 25.3 Å². The number of nitrogens with one attached hydrogen (secondary N) is 2. The number of rotatable bonds is 6. The molecule has 1 fully saturated rings. The van der Waals surface area contributed by atoms with Crippen LogP contribution in [0.3, 0.4) is 0 Å². The van der Waals surface area contributed by atoms with Gasteiger partial charge in [0.05, 0.1) is 0 Å². The molecule has 6 nitrogen and oxygen atoms in total.